The van der Waals surface area contributed by atoms with Crippen LogP contribution < -0.4 is 10.2 Å². The Bertz CT molecular complexity index is 984. The Labute approximate surface area is 192 Å². The van der Waals surface area contributed by atoms with Crippen molar-refractivity contribution >= 4 is 29.1 Å². The molecule has 0 spiro atoms. The highest BCUT2D eigenvalue weighted by atomic mass is 35.5. The zero-order valence-corrected chi connectivity index (χ0v) is 18.6. The summed E-state index contributed by atoms with van der Waals surface area (Å²) < 4.78 is 51.8. The van der Waals surface area contributed by atoms with Crippen LogP contribution in [0.2, 0.25) is 0 Å². The molecular formula is C21H22ClF4N5O2. The quantitative estimate of drug-likeness (QED) is 0.480. The van der Waals surface area contributed by atoms with Crippen LogP contribution in [0.1, 0.15) is 18.1 Å². The summed E-state index contributed by atoms with van der Waals surface area (Å²) in [6.45, 7) is 2.06. The molecule has 0 aliphatic carbocycles. The van der Waals surface area contributed by atoms with Crippen molar-refractivity contribution in [3.8, 4) is 0 Å². The highest BCUT2D eigenvalue weighted by Crippen LogP contribution is 2.35. The molecule has 1 aliphatic heterocycles. The van der Waals surface area contributed by atoms with E-state index in [0.717, 1.165) is 15.4 Å². The minimum atomic E-state index is -4.35. The fourth-order valence-electron chi connectivity index (χ4n) is 3.68. The highest BCUT2D eigenvalue weighted by Gasteiger charge is 2.48. The van der Waals surface area contributed by atoms with E-state index in [1.807, 2.05) is 6.92 Å². The number of nitrogens with zero attached hydrogens (tertiary/aromatic N) is 4. The van der Waals surface area contributed by atoms with E-state index in [-0.39, 0.29) is 24.3 Å². The summed E-state index contributed by atoms with van der Waals surface area (Å²) >= 11 is 5.49. The van der Waals surface area contributed by atoms with E-state index in [4.69, 9.17) is 11.6 Å². The standard InChI is InChI=1S/C21H22ClF4N5O2/c1-13-3-5-16(6-4-13)31(18(32)17(22)23)20(2,14-7-27-12-28-8-14)19(33)29-15-9-30(10-15)11-21(24,25)26/h3-8,12,15,17H,9-11H2,1-2H3,(H,29,33)/t17-,20-/m0/s1. The molecule has 1 fully saturated rings. The number of nitrogens with one attached hydrogen (secondary N) is 1. The Morgan fingerprint density at radius 3 is 2.30 bits per heavy atom. The number of anilines is 1. The molecule has 2 heterocycles. The minimum Gasteiger partial charge on any atom is -0.348 e. The van der Waals surface area contributed by atoms with Crippen LogP contribution in [0.25, 0.3) is 0 Å². The van der Waals surface area contributed by atoms with Crippen LogP contribution in [0.3, 0.4) is 0 Å². The number of aryl methyl sites for hydroxylation is 1. The predicted molar refractivity (Wildman–Crippen MR) is 113 cm³/mol. The first-order valence-electron chi connectivity index (χ1n) is 9.96. The molecule has 1 saturated heterocycles. The number of hydrogen-bond acceptors (Lipinski definition) is 5. The highest BCUT2D eigenvalue weighted by molar-refractivity contribution is 6.32. The molecule has 2 aromatic rings. The first kappa shape index (κ1) is 24.8. The molecule has 0 unspecified atom stereocenters. The summed E-state index contributed by atoms with van der Waals surface area (Å²) in [7, 11) is 0. The Hall–Kier alpha value is -2.79. The third-order valence-electron chi connectivity index (χ3n) is 5.41. The van der Waals surface area contributed by atoms with Crippen LogP contribution in [-0.2, 0) is 15.1 Å². The Morgan fingerprint density at radius 2 is 1.79 bits per heavy atom. The molecule has 33 heavy (non-hydrogen) atoms. The van der Waals surface area contributed by atoms with Gasteiger partial charge in [0, 0.05) is 36.7 Å². The van der Waals surface area contributed by atoms with Crippen LogP contribution >= 0.6 is 11.6 Å². The van der Waals surface area contributed by atoms with E-state index in [1.54, 1.807) is 12.1 Å². The van der Waals surface area contributed by atoms with Gasteiger partial charge < -0.3 is 5.32 Å². The Balaban J connectivity index is 1.96. The van der Waals surface area contributed by atoms with Crippen LogP contribution in [0.4, 0.5) is 23.2 Å². The van der Waals surface area contributed by atoms with E-state index in [9.17, 15) is 27.2 Å². The van der Waals surface area contributed by atoms with Gasteiger partial charge in [-0.25, -0.2) is 14.4 Å². The van der Waals surface area contributed by atoms with Gasteiger partial charge in [-0.1, -0.05) is 29.3 Å². The first-order chi connectivity index (χ1) is 15.4. The van der Waals surface area contributed by atoms with Gasteiger partial charge in [0.2, 0.25) is 0 Å². The van der Waals surface area contributed by atoms with Crippen molar-refractivity contribution in [2.24, 2.45) is 0 Å². The molecule has 3 rings (SSSR count). The average Bonchev–Trinajstić information content (AvgIpc) is 2.73. The summed E-state index contributed by atoms with van der Waals surface area (Å²) in [6.07, 6.45) is -0.519. The van der Waals surface area contributed by atoms with Crippen molar-refractivity contribution < 1.29 is 27.2 Å². The van der Waals surface area contributed by atoms with Gasteiger partial charge >= 0.3 is 6.18 Å². The number of hydrogen-bond donors (Lipinski definition) is 1. The van der Waals surface area contributed by atoms with Gasteiger partial charge in [0.15, 0.2) is 5.54 Å². The smallest absolute Gasteiger partial charge is 0.348 e. The largest absolute Gasteiger partial charge is 0.401 e. The van der Waals surface area contributed by atoms with Gasteiger partial charge in [-0.2, -0.15) is 13.2 Å². The van der Waals surface area contributed by atoms with Crippen molar-refractivity contribution in [1.82, 2.24) is 20.2 Å². The summed E-state index contributed by atoms with van der Waals surface area (Å²) in [5, 5.41) is 2.66. The lowest BCUT2D eigenvalue weighted by Crippen LogP contribution is -2.66. The molecule has 1 aromatic heterocycles. The fraction of sp³-hybridized carbons (Fsp3) is 0.429. The molecule has 0 bridgehead atoms. The van der Waals surface area contributed by atoms with Crippen LogP contribution in [0.5, 0.6) is 0 Å². The number of aromatic nitrogens is 2. The van der Waals surface area contributed by atoms with Crippen LogP contribution in [0.15, 0.2) is 43.0 Å². The second-order valence-electron chi connectivity index (χ2n) is 7.99. The lowest BCUT2D eigenvalue weighted by atomic mass is 9.89. The molecular weight excluding hydrogens is 466 g/mol. The molecule has 2 atom stereocenters. The first-order valence-corrected chi connectivity index (χ1v) is 10.4. The molecule has 0 saturated carbocycles. The second-order valence-corrected chi connectivity index (χ2v) is 8.37. The van der Waals surface area contributed by atoms with Gasteiger partial charge in [0.05, 0.1) is 12.6 Å². The molecule has 1 N–H and O–H groups in total. The number of halogens is 5. The number of rotatable bonds is 7. The maximum atomic E-state index is 14.1. The van der Waals surface area contributed by atoms with E-state index in [1.165, 1.54) is 37.8 Å². The number of alkyl halides is 5. The monoisotopic (exact) mass is 487 g/mol. The Kier molecular flexibility index (Phi) is 7.23. The van der Waals surface area contributed by atoms with Crippen molar-refractivity contribution in [2.75, 3.05) is 24.5 Å². The topological polar surface area (TPSA) is 78.4 Å². The molecule has 12 heteroatoms. The average molecular weight is 488 g/mol. The molecule has 1 aliphatic rings. The Morgan fingerprint density at radius 1 is 1.21 bits per heavy atom. The maximum Gasteiger partial charge on any atom is 0.401 e. The molecule has 178 valence electrons. The van der Waals surface area contributed by atoms with Gasteiger partial charge in [-0.3, -0.25) is 19.4 Å². The number of amides is 2. The zero-order valence-electron chi connectivity index (χ0n) is 17.8. The zero-order chi connectivity index (χ0) is 24.4. The molecule has 2 amide bonds. The van der Waals surface area contributed by atoms with Crippen LogP contribution in [0, 0.1) is 6.92 Å². The molecule has 0 radical (unpaired) electrons. The van der Waals surface area contributed by atoms with Crippen molar-refractivity contribution in [3.05, 3.63) is 54.1 Å². The summed E-state index contributed by atoms with van der Waals surface area (Å²) in [6, 6.07) is 5.85. The maximum absolute atomic E-state index is 14.1. The van der Waals surface area contributed by atoms with Crippen molar-refractivity contribution in [2.45, 2.75) is 37.2 Å². The number of carbonyl (C=O) groups excluding carboxylic acids is 2. The van der Waals surface area contributed by atoms with Crippen molar-refractivity contribution in [1.29, 1.82) is 0 Å². The van der Waals surface area contributed by atoms with Gasteiger partial charge in [-0.05, 0) is 26.0 Å². The van der Waals surface area contributed by atoms with E-state index in [0.29, 0.717) is 0 Å². The van der Waals surface area contributed by atoms with E-state index in [2.05, 4.69) is 15.3 Å². The third kappa shape index (κ3) is 5.59. The number of likely N-dealkylation sites (tertiary alicyclic amines) is 1. The van der Waals surface area contributed by atoms with Crippen molar-refractivity contribution in [3.63, 3.8) is 0 Å². The van der Waals surface area contributed by atoms with E-state index >= 15 is 0 Å². The van der Waals surface area contributed by atoms with Gasteiger partial charge in [0.25, 0.3) is 17.4 Å². The van der Waals surface area contributed by atoms with Gasteiger partial charge in [-0.15, -0.1) is 0 Å². The fourth-order valence-corrected chi connectivity index (χ4v) is 3.78. The molecule has 1 aromatic carbocycles. The summed E-state index contributed by atoms with van der Waals surface area (Å²) in [4.78, 5) is 36.3. The summed E-state index contributed by atoms with van der Waals surface area (Å²) in [5.74, 6) is -1.92. The lowest BCUT2D eigenvalue weighted by molar-refractivity contribution is -0.156. The SMILES string of the molecule is Cc1ccc(N(C(=O)[C@H](F)Cl)[C@](C)(C(=O)NC2CN(CC(F)(F)F)C2)c2cncnc2)cc1. The third-order valence-corrected chi connectivity index (χ3v) is 5.59. The predicted octanol–water partition coefficient (Wildman–Crippen LogP) is 2.93. The van der Waals surface area contributed by atoms with Gasteiger partial charge in [0.1, 0.15) is 6.33 Å². The minimum absolute atomic E-state index is 0.0215. The number of carbonyl (C=O) groups is 2. The molecule has 7 nitrogen and oxygen atoms in total. The van der Waals surface area contributed by atoms with Crippen LogP contribution in [-0.4, -0.2) is 64.2 Å². The van der Waals surface area contributed by atoms with E-state index < -0.39 is 41.7 Å². The normalized spacial score (nSPS) is 17.5. The summed E-state index contributed by atoms with van der Waals surface area (Å²) in [5.41, 5.74) is -3.07. The second kappa shape index (κ2) is 9.60. The number of benzene rings is 1. The lowest BCUT2D eigenvalue weighted by Gasteiger charge is -2.44.